The van der Waals surface area contributed by atoms with Crippen LogP contribution in [0.2, 0.25) is 0 Å². The average Bonchev–Trinajstić information content (AvgIpc) is 2.61. The van der Waals surface area contributed by atoms with Crippen LogP contribution in [0, 0.1) is 5.92 Å². The Labute approximate surface area is 199 Å². The standard InChI is InChI=1S/C23H39N5O.HI/c1-6-24-23(25-13-14-28(17(2)3)18(4)5)26-16-19-9-7-12-21(15-19)27-22(29)20-10-8-11-20;/h7,9,12,15,17-18,20H,6,8,10-11,13-14,16H2,1-5H3,(H,27,29)(H2,24,25,26);1H. The SMILES string of the molecule is CCNC(=NCc1cccc(NC(=O)C2CCC2)c1)NCCN(C(C)C)C(C)C.I. The molecular weight excluding hydrogens is 489 g/mol. The van der Waals surface area contributed by atoms with E-state index in [0.29, 0.717) is 18.6 Å². The Bertz CT molecular complexity index is 665. The van der Waals surface area contributed by atoms with Gasteiger partial charge in [0.1, 0.15) is 0 Å². The molecule has 0 heterocycles. The van der Waals surface area contributed by atoms with E-state index >= 15 is 0 Å². The van der Waals surface area contributed by atoms with Crippen molar-refractivity contribution in [1.29, 1.82) is 0 Å². The number of nitrogens with zero attached hydrogens (tertiary/aromatic N) is 2. The molecule has 170 valence electrons. The number of hydrogen-bond acceptors (Lipinski definition) is 3. The molecule has 1 amide bonds. The molecule has 1 aromatic rings. The molecular formula is C23H40IN5O. The third-order valence-corrected chi connectivity index (χ3v) is 5.42. The third-order valence-electron chi connectivity index (χ3n) is 5.42. The molecule has 0 aromatic heterocycles. The van der Waals surface area contributed by atoms with Crippen LogP contribution in [0.15, 0.2) is 29.3 Å². The summed E-state index contributed by atoms with van der Waals surface area (Å²) < 4.78 is 0. The average molecular weight is 530 g/mol. The van der Waals surface area contributed by atoms with Crippen molar-refractivity contribution in [2.24, 2.45) is 10.9 Å². The van der Waals surface area contributed by atoms with Crippen LogP contribution in [-0.4, -0.2) is 48.5 Å². The van der Waals surface area contributed by atoms with Crippen LogP contribution >= 0.6 is 24.0 Å². The van der Waals surface area contributed by atoms with Gasteiger partial charge in [0.2, 0.25) is 5.91 Å². The number of halogens is 1. The zero-order valence-electron chi connectivity index (χ0n) is 19.2. The second-order valence-corrected chi connectivity index (χ2v) is 8.36. The minimum absolute atomic E-state index is 0. The molecule has 6 nitrogen and oxygen atoms in total. The highest BCUT2D eigenvalue weighted by molar-refractivity contribution is 14.0. The van der Waals surface area contributed by atoms with Gasteiger partial charge in [-0.15, -0.1) is 24.0 Å². The van der Waals surface area contributed by atoms with Crippen molar-refractivity contribution in [2.45, 2.75) is 72.5 Å². The van der Waals surface area contributed by atoms with Crippen molar-refractivity contribution in [3.05, 3.63) is 29.8 Å². The molecule has 0 saturated heterocycles. The van der Waals surface area contributed by atoms with Crippen molar-refractivity contribution < 1.29 is 4.79 Å². The molecule has 0 aliphatic heterocycles. The predicted molar refractivity (Wildman–Crippen MR) is 138 cm³/mol. The van der Waals surface area contributed by atoms with E-state index in [0.717, 1.165) is 49.7 Å². The van der Waals surface area contributed by atoms with Crippen molar-refractivity contribution in [2.75, 3.05) is 25.0 Å². The first-order valence-electron chi connectivity index (χ1n) is 11.1. The Morgan fingerprint density at radius 1 is 1.17 bits per heavy atom. The van der Waals surface area contributed by atoms with Crippen molar-refractivity contribution in [3.8, 4) is 0 Å². The second-order valence-electron chi connectivity index (χ2n) is 8.36. The first kappa shape index (κ1) is 26.7. The van der Waals surface area contributed by atoms with Gasteiger partial charge in [-0.3, -0.25) is 9.69 Å². The van der Waals surface area contributed by atoms with E-state index in [-0.39, 0.29) is 35.8 Å². The number of rotatable bonds is 10. The van der Waals surface area contributed by atoms with Crippen LogP contribution in [0.1, 0.15) is 59.4 Å². The largest absolute Gasteiger partial charge is 0.357 e. The molecule has 0 bridgehead atoms. The molecule has 1 aliphatic carbocycles. The van der Waals surface area contributed by atoms with Gasteiger partial charge in [0.15, 0.2) is 5.96 Å². The quantitative estimate of drug-likeness (QED) is 0.241. The number of guanidine groups is 1. The predicted octanol–water partition coefficient (Wildman–Crippen LogP) is 4.22. The highest BCUT2D eigenvalue weighted by Gasteiger charge is 2.25. The van der Waals surface area contributed by atoms with Crippen molar-refractivity contribution >= 4 is 41.5 Å². The van der Waals surface area contributed by atoms with Crippen LogP contribution < -0.4 is 16.0 Å². The summed E-state index contributed by atoms with van der Waals surface area (Å²) in [5.74, 6) is 1.16. The zero-order chi connectivity index (χ0) is 21.2. The van der Waals surface area contributed by atoms with Gasteiger partial charge in [0.05, 0.1) is 6.54 Å². The third kappa shape index (κ3) is 8.79. The highest BCUT2D eigenvalue weighted by Crippen LogP contribution is 2.27. The lowest BCUT2D eigenvalue weighted by Crippen LogP contribution is -2.45. The fraction of sp³-hybridized carbons (Fsp3) is 0.652. The van der Waals surface area contributed by atoms with Crippen LogP contribution in [-0.2, 0) is 11.3 Å². The summed E-state index contributed by atoms with van der Waals surface area (Å²) in [6.07, 6.45) is 3.19. The van der Waals surface area contributed by atoms with E-state index < -0.39 is 0 Å². The molecule has 2 rings (SSSR count). The van der Waals surface area contributed by atoms with Gasteiger partial charge >= 0.3 is 0 Å². The summed E-state index contributed by atoms with van der Waals surface area (Å²) in [4.78, 5) is 19.3. The fourth-order valence-corrected chi connectivity index (χ4v) is 3.59. The van der Waals surface area contributed by atoms with Gasteiger partial charge < -0.3 is 16.0 Å². The van der Waals surface area contributed by atoms with Gasteiger partial charge in [-0.1, -0.05) is 18.6 Å². The molecule has 1 saturated carbocycles. The number of benzene rings is 1. The Kier molecular flexibility index (Phi) is 12.3. The van der Waals surface area contributed by atoms with E-state index in [1.807, 2.05) is 24.3 Å². The van der Waals surface area contributed by atoms with Crippen LogP contribution in [0.25, 0.3) is 0 Å². The molecule has 7 heteroatoms. The van der Waals surface area contributed by atoms with E-state index in [9.17, 15) is 4.79 Å². The lowest BCUT2D eigenvalue weighted by molar-refractivity contribution is -0.122. The number of carbonyl (C=O) groups is 1. The summed E-state index contributed by atoms with van der Waals surface area (Å²) >= 11 is 0. The van der Waals surface area contributed by atoms with Crippen molar-refractivity contribution in [1.82, 2.24) is 15.5 Å². The molecule has 0 radical (unpaired) electrons. The highest BCUT2D eigenvalue weighted by atomic mass is 127. The lowest BCUT2D eigenvalue weighted by Gasteiger charge is -2.30. The summed E-state index contributed by atoms with van der Waals surface area (Å²) in [7, 11) is 0. The Hall–Kier alpha value is -1.35. The number of nitrogens with one attached hydrogen (secondary N) is 3. The topological polar surface area (TPSA) is 68.8 Å². The number of aliphatic imine (C=N–C) groups is 1. The van der Waals surface area contributed by atoms with Crippen LogP contribution in [0.5, 0.6) is 0 Å². The molecule has 1 fully saturated rings. The maximum atomic E-state index is 12.2. The van der Waals surface area contributed by atoms with Gasteiger partial charge in [-0.2, -0.15) is 0 Å². The molecule has 0 spiro atoms. The van der Waals surface area contributed by atoms with E-state index in [2.05, 4.69) is 55.5 Å². The number of amides is 1. The van der Waals surface area contributed by atoms with Gasteiger partial charge in [-0.05, 0) is 65.2 Å². The summed E-state index contributed by atoms with van der Waals surface area (Å²) in [5.41, 5.74) is 1.94. The summed E-state index contributed by atoms with van der Waals surface area (Å²) in [5, 5.41) is 9.79. The summed E-state index contributed by atoms with van der Waals surface area (Å²) in [6, 6.07) is 9.03. The van der Waals surface area contributed by atoms with Crippen LogP contribution in [0.3, 0.4) is 0 Å². The van der Waals surface area contributed by atoms with Gasteiger partial charge in [0.25, 0.3) is 0 Å². The molecule has 30 heavy (non-hydrogen) atoms. The first-order chi connectivity index (χ1) is 13.9. The van der Waals surface area contributed by atoms with E-state index in [4.69, 9.17) is 4.99 Å². The Morgan fingerprint density at radius 2 is 1.87 bits per heavy atom. The second kappa shape index (κ2) is 13.9. The lowest BCUT2D eigenvalue weighted by atomic mass is 9.85. The molecule has 0 atom stereocenters. The minimum Gasteiger partial charge on any atom is -0.357 e. The molecule has 0 unspecified atom stereocenters. The number of hydrogen-bond donors (Lipinski definition) is 3. The van der Waals surface area contributed by atoms with Crippen LogP contribution in [0.4, 0.5) is 5.69 Å². The zero-order valence-corrected chi connectivity index (χ0v) is 21.5. The fourth-order valence-electron chi connectivity index (χ4n) is 3.59. The smallest absolute Gasteiger partial charge is 0.227 e. The van der Waals surface area contributed by atoms with E-state index in [1.165, 1.54) is 6.42 Å². The monoisotopic (exact) mass is 529 g/mol. The maximum absolute atomic E-state index is 12.2. The Balaban J connectivity index is 0.00000450. The maximum Gasteiger partial charge on any atom is 0.227 e. The van der Waals surface area contributed by atoms with E-state index in [1.54, 1.807) is 0 Å². The van der Waals surface area contributed by atoms with Gasteiger partial charge in [0, 0.05) is 43.3 Å². The Morgan fingerprint density at radius 3 is 2.43 bits per heavy atom. The first-order valence-corrected chi connectivity index (χ1v) is 11.1. The number of anilines is 1. The number of carbonyl (C=O) groups excluding carboxylic acids is 1. The minimum atomic E-state index is 0. The van der Waals surface area contributed by atoms with Gasteiger partial charge in [-0.25, -0.2) is 4.99 Å². The molecule has 1 aliphatic rings. The molecule has 1 aromatic carbocycles. The normalized spacial score (nSPS) is 14.5. The summed E-state index contributed by atoms with van der Waals surface area (Å²) in [6.45, 7) is 14.2. The van der Waals surface area contributed by atoms with Crippen molar-refractivity contribution in [3.63, 3.8) is 0 Å². The molecule has 3 N–H and O–H groups in total.